The molecule has 1 saturated heterocycles. The van der Waals surface area contributed by atoms with Crippen molar-refractivity contribution in [3.8, 4) is 17.1 Å². The number of aryl methyl sites for hydroxylation is 1. The predicted octanol–water partition coefficient (Wildman–Crippen LogP) is 3.29. The van der Waals surface area contributed by atoms with Gasteiger partial charge < -0.3 is 14.6 Å². The Balaban J connectivity index is 1.45. The maximum absolute atomic E-state index is 12.8. The summed E-state index contributed by atoms with van der Waals surface area (Å²) < 4.78 is 5.99. The van der Waals surface area contributed by atoms with E-state index in [1.54, 1.807) is 12.4 Å². The molecule has 0 bridgehead atoms. The van der Waals surface area contributed by atoms with Crippen molar-refractivity contribution >= 4 is 5.91 Å². The average Bonchev–Trinajstić information content (AvgIpc) is 3.13. The van der Waals surface area contributed by atoms with Crippen LogP contribution in [0.1, 0.15) is 15.9 Å². The van der Waals surface area contributed by atoms with Crippen LogP contribution >= 0.6 is 0 Å². The molecule has 1 aliphatic rings. The molecule has 4 rings (SSSR count). The van der Waals surface area contributed by atoms with Crippen LogP contribution in [0.2, 0.25) is 0 Å². The number of carbonyl (C=O) groups excluding carboxylic acids is 1. The summed E-state index contributed by atoms with van der Waals surface area (Å²) in [7, 11) is 0. The maximum Gasteiger partial charge on any atom is 0.254 e. The molecule has 1 aromatic heterocycles. The van der Waals surface area contributed by atoms with Gasteiger partial charge in [0.05, 0.1) is 18.7 Å². The van der Waals surface area contributed by atoms with E-state index in [-0.39, 0.29) is 12.0 Å². The molecule has 0 radical (unpaired) electrons. The number of amides is 1. The highest BCUT2D eigenvalue weighted by molar-refractivity contribution is 6.00. The second kappa shape index (κ2) is 6.43. The lowest BCUT2D eigenvalue weighted by atomic mass is 10.0. The third-order valence-corrected chi connectivity index (χ3v) is 4.43. The lowest BCUT2D eigenvalue weighted by Crippen LogP contribution is -2.56. The third-order valence-electron chi connectivity index (χ3n) is 4.43. The lowest BCUT2D eigenvalue weighted by molar-refractivity contribution is 0.0176. The van der Waals surface area contributed by atoms with Gasteiger partial charge in [0.2, 0.25) is 0 Å². The number of likely N-dealkylation sites (tertiary alicyclic amines) is 1. The number of aromatic amines is 1. The van der Waals surface area contributed by atoms with E-state index in [4.69, 9.17) is 4.74 Å². The van der Waals surface area contributed by atoms with Crippen molar-refractivity contribution in [3.05, 3.63) is 72.1 Å². The number of carbonyl (C=O) groups is 1. The van der Waals surface area contributed by atoms with Crippen LogP contribution in [0.15, 0.2) is 60.9 Å². The first kappa shape index (κ1) is 15.4. The van der Waals surface area contributed by atoms with Gasteiger partial charge in [0.25, 0.3) is 5.91 Å². The van der Waals surface area contributed by atoms with Gasteiger partial charge in [0.15, 0.2) is 0 Å². The highest BCUT2D eigenvalue weighted by atomic mass is 16.5. The quantitative estimate of drug-likeness (QED) is 0.797. The highest BCUT2D eigenvalue weighted by Gasteiger charge is 2.34. The number of hydrogen-bond acceptors (Lipinski definition) is 3. The fourth-order valence-corrected chi connectivity index (χ4v) is 3.01. The molecule has 1 N–H and O–H groups in total. The molecule has 1 amide bonds. The van der Waals surface area contributed by atoms with Crippen molar-refractivity contribution < 1.29 is 9.53 Å². The molecule has 5 nitrogen and oxygen atoms in total. The van der Waals surface area contributed by atoms with E-state index in [1.807, 2.05) is 60.4 Å². The lowest BCUT2D eigenvalue weighted by Gasteiger charge is -2.39. The Morgan fingerprint density at radius 1 is 1.16 bits per heavy atom. The highest BCUT2D eigenvalue weighted by Crippen LogP contribution is 2.26. The predicted molar refractivity (Wildman–Crippen MR) is 95.5 cm³/mol. The Kier molecular flexibility index (Phi) is 3.98. The number of para-hydroxylation sites is 1. The minimum atomic E-state index is 0.0108. The van der Waals surface area contributed by atoms with Crippen LogP contribution in [0.3, 0.4) is 0 Å². The molecule has 25 heavy (non-hydrogen) atoms. The molecule has 5 heteroatoms. The monoisotopic (exact) mass is 333 g/mol. The normalized spacial score (nSPS) is 14.2. The molecule has 3 aromatic rings. The van der Waals surface area contributed by atoms with Gasteiger partial charge in [-0.1, -0.05) is 36.4 Å². The number of ether oxygens (including phenoxy) is 1. The Labute approximate surface area is 146 Å². The Morgan fingerprint density at radius 3 is 2.68 bits per heavy atom. The average molecular weight is 333 g/mol. The number of hydrogen-bond donors (Lipinski definition) is 1. The van der Waals surface area contributed by atoms with Gasteiger partial charge in [-0.15, -0.1) is 0 Å². The molecule has 2 aromatic carbocycles. The van der Waals surface area contributed by atoms with Crippen molar-refractivity contribution in [2.24, 2.45) is 0 Å². The molecule has 0 spiro atoms. The van der Waals surface area contributed by atoms with Crippen LogP contribution in [-0.4, -0.2) is 40.0 Å². The first-order valence-corrected chi connectivity index (χ1v) is 8.33. The summed E-state index contributed by atoms with van der Waals surface area (Å²) in [6.45, 7) is 3.22. The standard InChI is InChI=1S/C20H19N3O2/c1-14-6-2-5-9-18(14)25-15-12-23(13-15)20(24)17-8-4-3-7-16(17)19-21-10-11-22-19/h2-11,15H,12-13H2,1H3,(H,21,22). The van der Waals surface area contributed by atoms with Crippen LogP contribution in [0.4, 0.5) is 0 Å². The topological polar surface area (TPSA) is 58.2 Å². The number of H-pyrrole nitrogens is 1. The molecule has 1 aliphatic heterocycles. The van der Waals surface area contributed by atoms with Crippen molar-refractivity contribution in [1.82, 2.24) is 14.9 Å². The minimum Gasteiger partial charge on any atom is -0.486 e. The largest absolute Gasteiger partial charge is 0.486 e. The zero-order chi connectivity index (χ0) is 17.2. The van der Waals surface area contributed by atoms with E-state index in [2.05, 4.69) is 9.97 Å². The van der Waals surface area contributed by atoms with E-state index in [9.17, 15) is 4.79 Å². The van der Waals surface area contributed by atoms with Gasteiger partial charge in [0.1, 0.15) is 17.7 Å². The molecule has 0 atom stereocenters. The zero-order valence-electron chi connectivity index (χ0n) is 14.0. The summed E-state index contributed by atoms with van der Waals surface area (Å²) in [4.78, 5) is 22.0. The van der Waals surface area contributed by atoms with Crippen LogP contribution in [0.25, 0.3) is 11.4 Å². The molecule has 0 saturated carbocycles. The number of nitrogens with one attached hydrogen (secondary N) is 1. The van der Waals surface area contributed by atoms with Gasteiger partial charge in [-0.25, -0.2) is 4.98 Å². The van der Waals surface area contributed by atoms with E-state index in [0.717, 1.165) is 16.9 Å². The van der Waals surface area contributed by atoms with Crippen LogP contribution in [-0.2, 0) is 0 Å². The SMILES string of the molecule is Cc1ccccc1OC1CN(C(=O)c2ccccc2-c2ncc[nH]2)C1. The molecule has 0 aliphatic carbocycles. The first-order valence-electron chi connectivity index (χ1n) is 8.33. The van der Waals surface area contributed by atoms with Crippen molar-refractivity contribution in [1.29, 1.82) is 0 Å². The van der Waals surface area contributed by atoms with Gasteiger partial charge in [0, 0.05) is 18.0 Å². The molecule has 0 unspecified atom stereocenters. The number of nitrogens with zero attached hydrogens (tertiary/aromatic N) is 2. The number of imidazole rings is 1. The van der Waals surface area contributed by atoms with Crippen molar-refractivity contribution in [2.45, 2.75) is 13.0 Å². The molecule has 126 valence electrons. The van der Waals surface area contributed by atoms with Gasteiger partial charge in [-0.05, 0) is 24.6 Å². The fraction of sp³-hybridized carbons (Fsp3) is 0.200. The van der Waals surface area contributed by atoms with E-state index in [0.29, 0.717) is 24.5 Å². The summed E-state index contributed by atoms with van der Waals surface area (Å²) in [5, 5.41) is 0. The molecule has 1 fully saturated rings. The first-order chi connectivity index (χ1) is 12.2. The summed E-state index contributed by atoms with van der Waals surface area (Å²) in [6, 6.07) is 15.5. The van der Waals surface area contributed by atoms with Gasteiger partial charge in [-0.3, -0.25) is 4.79 Å². The summed E-state index contributed by atoms with van der Waals surface area (Å²) in [6.07, 6.45) is 3.49. The third kappa shape index (κ3) is 3.01. The Hall–Kier alpha value is -3.08. The Morgan fingerprint density at radius 2 is 1.92 bits per heavy atom. The van der Waals surface area contributed by atoms with E-state index >= 15 is 0 Å². The summed E-state index contributed by atoms with van der Waals surface area (Å²) in [5.41, 5.74) is 2.59. The van der Waals surface area contributed by atoms with Crippen LogP contribution in [0.5, 0.6) is 5.75 Å². The number of aromatic nitrogens is 2. The number of benzene rings is 2. The second-order valence-corrected chi connectivity index (χ2v) is 6.20. The van der Waals surface area contributed by atoms with E-state index < -0.39 is 0 Å². The van der Waals surface area contributed by atoms with Crippen molar-refractivity contribution in [3.63, 3.8) is 0 Å². The molecular formula is C20H19N3O2. The maximum atomic E-state index is 12.8. The molecule has 2 heterocycles. The summed E-state index contributed by atoms with van der Waals surface area (Å²) in [5.74, 6) is 1.60. The molecular weight excluding hydrogens is 314 g/mol. The zero-order valence-corrected chi connectivity index (χ0v) is 14.0. The Bertz CT molecular complexity index is 883. The summed E-state index contributed by atoms with van der Waals surface area (Å²) >= 11 is 0. The van der Waals surface area contributed by atoms with Crippen LogP contribution < -0.4 is 4.74 Å². The smallest absolute Gasteiger partial charge is 0.254 e. The minimum absolute atomic E-state index is 0.0108. The van der Waals surface area contributed by atoms with Crippen molar-refractivity contribution in [2.75, 3.05) is 13.1 Å². The number of rotatable bonds is 4. The second-order valence-electron chi connectivity index (χ2n) is 6.20. The fourth-order valence-electron chi connectivity index (χ4n) is 3.01. The van der Waals surface area contributed by atoms with Gasteiger partial charge in [-0.2, -0.15) is 0 Å². The van der Waals surface area contributed by atoms with Crippen LogP contribution in [0, 0.1) is 6.92 Å². The van der Waals surface area contributed by atoms with E-state index in [1.165, 1.54) is 0 Å². The van der Waals surface area contributed by atoms with Gasteiger partial charge >= 0.3 is 0 Å².